The molecule has 2 N–H and O–H groups in total. The van der Waals surface area contributed by atoms with Crippen molar-refractivity contribution in [1.82, 2.24) is 35.0 Å². The number of thiophene rings is 1. The van der Waals surface area contributed by atoms with E-state index in [9.17, 15) is 0 Å². The Morgan fingerprint density at radius 2 is 1.88 bits per heavy atom. The highest BCUT2D eigenvalue weighted by Crippen LogP contribution is 2.33. The molecule has 0 amide bonds. The quantitative estimate of drug-likeness (QED) is 0.386. The lowest BCUT2D eigenvalue weighted by molar-refractivity contribution is 0.798. The van der Waals surface area contributed by atoms with E-state index in [2.05, 4.69) is 46.5 Å². The number of nitrogens with zero attached hydrogens (tertiary/aromatic N) is 5. The van der Waals surface area contributed by atoms with Gasteiger partial charge in [0.25, 0.3) is 0 Å². The average molecular weight is 452 g/mol. The molecular formula is C25H21N7S. The van der Waals surface area contributed by atoms with Gasteiger partial charge >= 0.3 is 0 Å². The summed E-state index contributed by atoms with van der Waals surface area (Å²) in [5.41, 5.74) is 8.07. The van der Waals surface area contributed by atoms with E-state index in [-0.39, 0.29) is 0 Å². The van der Waals surface area contributed by atoms with E-state index in [1.165, 1.54) is 4.88 Å². The van der Waals surface area contributed by atoms with Crippen LogP contribution in [0.1, 0.15) is 17.5 Å². The summed E-state index contributed by atoms with van der Waals surface area (Å²) < 4.78 is 1.84. The van der Waals surface area contributed by atoms with Crippen LogP contribution in [-0.4, -0.2) is 29.7 Å². The molecular weight excluding hydrogens is 430 g/mol. The molecule has 8 heteroatoms. The van der Waals surface area contributed by atoms with Crippen LogP contribution in [0.3, 0.4) is 0 Å². The summed E-state index contributed by atoms with van der Waals surface area (Å²) in [5, 5.41) is 8.04. The Morgan fingerprint density at radius 1 is 0.970 bits per heavy atom. The standard InChI is InChI=1S/C25H21N7S/c1-14-5-4-6-16(13-27-14)17-8-9-19-22(28-17)24(31-32(19)3)25-29-18-11-12-26-23(21(18)30-25)20-10-7-15(2)33-20/h4-13,27H,1-3H3,(H,29,30). The molecule has 6 heterocycles. The summed E-state index contributed by atoms with van der Waals surface area (Å²) in [5.74, 6) is 0.684. The van der Waals surface area contributed by atoms with Gasteiger partial charge < -0.3 is 10.3 Å². The molecule has 0 aliphatic carbocycles. The number of imidazole rings is 1. The van der Waals surface area contributed by atoms with Crippen molar-refractivity contribution in [3.8, 4) is 22.1 Å². The van der Waals surface area contributed by atoms with Crippen molar-refractivity contribution in [2.24, 2.45) is 7.05 Å². The Labute approximate surface area is 194 Å². The van der Waals surface area contributed by atoms with Gasteiger partial charge in [-0.3, -0.25) is 9.67 Å². The SMILES string of the molecule is CC1=CC=CC(c2ccc3c(n2)c(-c2nc4c(-c5ccc(C)s5)nccc4[nH]2)nn3C)=CN1. The van der Waals surface area contributed by atoms with Gasteiger partial charge in [-0.05, 0) is 50.3 Å². The number of aryl methyl sites for hydroxylation is 2. The lowest BCUT2D eigenvalue weighted by atomic mass is 10.1. The number of nitrogens with one attached hydrogen (secondary N) is 2. The molecule has 162 valence electrons. The molecule has 5 aromatic heterocycles. The van der Waals surface area contributed by atoms with Gasteiger partial charge in [-0.25, -0.2) is 9.97 Å². The zero-order valence-electron chi connectivity index (χ0n) is 18.4. The second-order valence-corrected chi connectivity index (χ2v) is 9.33. The molecule has 0 spiro atoms. The van der Waals surface area contributed by atoms with Crippen LogP contribution in [-0.2, 0) is 7.05 Å². The highest BCUT2D eigenvalue weighted by molar-refractivity contribution is 7.15. The molecule has 0 saturated heterocycles. The number of aromatic amines is 1. The van der Waals surface area contributed by atoms with E-state index in [1.807, 2.05) is 55.3 Å². The van der Waals surface area contributed by atoms with Crippen molar-refractivity contribution in [2.75, 3.05) is 0 Å². The Morgan fingerprint density at radius 3 is 2.73 bits per heavy atom. The summed E-state index contributed by atoms with van der Waals surface area (Å²) in [6.07, 6.45) is 9.90. The molecule has 0 atom stereocenters. The highest BCUT2D eigenvalue weighted by Gasteiger charge is 2.19. The predicted octanol–water partition coefficient (Wildman–Crippen LogP) is 5.35. The molecule has 5 aromatic rings. The zero-order valence-corrected chi connectivity index (χ0v) is 19.2. The summed E-state index contributed by atoms with van der Waals surface area (Å²) in [6, 6.07) is 10.2. The summed E-state index contributed by atoms with van der Waals surface area (Å²) in [7, 11) is 1.93. The van der Waals surface area contributed by atoms with Crippen LogP contribution < -0.4 is 5.32 Å². The number of rotatable bonds is 3. The lowest BCUT2D eigenvalue weighted by Crippen LogP contribution is -2.01. The minimum atomic E-state index is 0.684. The second kappa shape index (κ2) is 7.53. The first-order valence-corrected chi connectivity index (χ1v) is 11.5. The maximum absolute atomic E-state index is 4.98. The molecule has 0 radical (unpaired) electrons. The van der Waals surface area contributed by atoms with Gasteiger partial charge in [0.05, 0.1) is 21.6 Å². The fourth-order valence-corrected chi connectivity index (χ4v) is 4.86. The summed E-state index contributed by atoms with van der Waals surface area (Å²) >= 11 is 1.72. The van der Waals surface area contributed by atoms with Gasteiger partial charge in [-0.15, -0.1) is 11.3 Å². The summed E-state index contributed by atoms with van der Waals surface area (Å²) in [6.45, 7) is 4.13. The highest BCUT2D eigenvalue weighted by atomic mass is 32.1. The van der Waals surface area contributed by atoms with Crippen molar-refractivity contribution >= 4 is 39.0 Å². The molecule has 0 fully saturated rings. The third kappa shape index (κ3) is 3.35. The third-order valence-electron chi connectivity index (χ3n) is 5.67. The second-order valence-electron chi connectivity index (χ2n) is 8.04. The Hall–Kier alpha value is -4.04. The normalized spacial score (nSPS) is 13.8. The number of hydrogen-bond donors (Lipinski definition) is 2. The van der Waals surface area contributed by atoms with Crippen molar-refractivity contribution in [1.29, 1.82) is 0 Å². The molecule has 0 bridgehead atoms. The first-order valence-electron chi connectivity index (χ1n) is 10.6. The van der Waals surface area contributed by atoms with Crippen LogP contribution in [0.15, 0.2) is 66.7 Å². The molecule has 7 nitrogen and oxygen atoms in total. The van der Waals surface area contributed by atoms with Gasteiger partial charge in [-0.1, -0.05) is 12.2 Å². The number of aromatic nitrogens is 6. The minimum Gasteiger partial charge on any atom is -0.365 e. The van der Waals surface area contributed by atoms with E-state index >= 15 is 0 Å². The minimum absolute atomic E-state index is 0.684. The maximum atomic E-state index is 4.98. The topological polar surface area (TPSA) is 84.3 Å². The molecule has 0 saturated carbocycles. The van der Waals surface area contributed by atoms with Crippen molar-refractivity contribution < 1.29 is 0 Å². The zero-order chi connectivity index (χ0) is 22.5. The first kappa shape index (κ1) is 19.6. The van der Waals surface area contributed by atoms with Gasteiger partial charge in [-0.2, -0.15) is 5.10 Å². The van der Waals surface area contributed by atoms with E-state index in [4.69, 9.17) is 15.1 Å². The molecule has 1 aliphatic heterocycles. The van der Waals surface area contributed by atoms with E-state index < -0.39 is 0 Å². The molecule has 33 heavy (non-hydrogen) atoms. The van der Waals surface area contributed by atoms with E-state index in [1.54, 1.807) is 11.3 Å². The van der Waals surface area contributed by atoms with Crippen molar-refractivity contribution in [3.63, 3.8) is 0 Å². The van der Waals surface area contributed by atoms with Gasteiger partial charge in [0.15, 0.2) is 11.5 Å². The number of H-pyrrole nitrogens is 1. The van der Waals surface area contributed by atoms with Crippen LogP contribution in [0.5, 0.6) is 0 Å². The van der Waals surface area contributed by atoms with Crippen LogP contribution >= 0.6 is 11.3 Å². The smallest absolute Gasteiger partial charge is 0.161 e. The lowest BCUT2D eigenvalue weighted by Gasteiger charge is -2.03. The van der Waals surface area contributed by atoms with Crippen molar-refractivity contribution in [3.05, 3.63) is 77.2 Å². The third-order valence-corrected chi connectivity index (χ3v) is 6.68. The van der Waals surface area contributed by atoms with Crippen LogP contribution in [0.25, 0.3) is 49.7 Å². The number of allylic oxidation sites excluding steroid dienone is 5. The van der Waals surface area contributed by atoms with E-state index in [0.29, 0.717) is 5.82 Å². The largest absolute Gasteiger partial charge is 0.365 e. The monoisotopic (exact) mass is 451 g/mol. The van der Waals surface area contributed by atoms with Crippen LogP contribution in [0.4, 0.5) is 0 Å². The molecule has 0 aromatic carbocycles. The maximum Gasteiger partial charge on any atom is 0.161 e. The van der Waals surface area contributed by atoms with Crippen LogP contribution in [0.2, 0.25) is 0 Å². The average Bonchev–Trinajstić information content (AvgIpc) is 3.48. The molecule has 0 unspecified atom stereocenters. The van der Waals surface area contributed by atoms with Crippen LogP contribution in [0, 0.1) is 6.92 Å². The van der Waals surface area contributed by atoms with Crippen molar-refractivity contribution in [2.45, 2.75) is 13.8 Å². The predicted molar refractivity (Wildman–Crippen MR) is 133 cm³/mol. The fourth-order valence-electron chi connectivity index (χ4n) is 3.99. The fraction of sp³-hybridized carbons (Fsp3) is 0.120. The number of fused-ring (bicyclic) bond motifs is 2. The van der Waals surface area contributed by atoms with Gasteiger partial charge in [0, 0.05) is 35.6 Å². The number of hydrogen-bond acceptors (Lipinski definition) is 6. The Bertz CT molecular complexity index is 1630. The molecule has 1 aliphatic rings. The van der Waals surface area contributed by atoms with Gasteiger partial charge in [0.2, 0.25) is 0 Å². The Kier molecular flexibility index (Phi) is 4.48. The summed E-state index contributed by atoms with van der Waals surface area (Å²) in [4.78, 5) is 20.3. The molecule has 6 rings (SSSR count). The number of pyridine rings is 2. The first-order chi connectivity index (χ1) is 16.1. The Balaban J connectivity index is 1.50. The van der Waals surface area contributed by atoms with Gasteiger partial charge in [0.1, 0.15) is 16.7 Å². The van der Waals surface area contributed by atoms with E-state index in [0.717, 1.165) is 55.3 Å².